The fourth-order valence-electron chi connectivity index (χ4n) is 2.70. The molecule has 2 aromatic rings. The highest BCUT2D eigenvalue weighted by Gasteiger charge is 2.24. The van der Waals surface area contributed by atoms with Gasteiger partial charge in [-0.25, -0.2) is 9.36 Å². The van der Waals surface area contributed by atoms with E-state index in [-0.39, 0.29) is 12.1 Å². The number of aryl methyl sites for hydroxylation is 1. The van der Waals surface area contributed by atoms with Crippen molar-refractivity contribution in [3.63, 3.8) is 0 Å². The topological polar surface area (TPSA) is 72.2 Å². The first-order valence-electron chi connectivity index (χ1n) is 8.10. The van der Waals surface area contributed by atoms with Gasteiger partial charge in [0.2, 0.25) is 5.91 Å². The summed E-state index contributed by atoms with van der Waals surface area (Å²) in [5, 5.41) is 0. The fraction of sp³-hybridized carbons (Fsp3) is 0.389. The Kier molecular flexibility index (Phi) is 5.39. The van der Waals surface area contributed by atoms with Crippen LogP contribution in [-0.4, -0.2) is 34.5 Å². The molecule has 0 saturated carbocycles. The number of amides is 2. The lowest BCUT2D eigenvalue weighted by molar-refractivity contribution is -0.659. The zero-order valence-electron chi connectivity index (χ0n) is 14.7. The van der Waals surface area contributed by atoms with Crippen molar-refractivity contribution < 1.29 is 14.2 Å². The highest BCUT2D eigenvalue weighted by atomic mass is 16.2. The van der Waals surface area contributed by atoms with Gasteiger partial charge in [0.25, 0.3) is 6.33 Å². The number of primary amides is 1. The van der Waals surface area contributed by atoms with Gasteiger partial charge >= 0.3 is 6.03 Å². The molecular formula is C18H25N4O2+. The van der Waals surface area contributed by atoms with Gasteiger partial charge in [0.1, 0.15) is 6.20 Å². The lowest BCUT2D eigenvalue weighted by Gasteiger charge is -2.21. The molecule has 0 aliphatic heterocycles. The molecule has 1 unspecified atom stereocenters. The van der Waals surface area contributed by atoms with Crippen molar-refractivity contribution >= 4 is 11.9 Å². The van der Waals surface area contributed by atoms with E-state index < -0.39 is 5.91 Å². The molecule has 1 aromatic heterocycles. The molecule has 0 saturated heterocycles. The minimum absolute atomic E-state index is 0.0798. The first-order chi connectivity index (χ1) is 11.3. The first-order valence-corrected chi connectivity index (χ1v) is 8.10. The van der Waals surface area contributed by atoms with Gasteiger partial charge in [0.15, 0.2) is 5.69 Å². The molecule has 1 aromatic carbocycles. The van der Waals surface area contributed by atoms with Crippen LogP contribution in [-0.2, 0) is 7.05 Å². The van der Waals surface area contributed by atoms with E-state index in [1.54, 1.807) is 40.2 Å². The Morgan fingerprint density at radius 3 is 2.71 bits per heavy atom. The molecule has 2 N–H and O–H groups in total. The summed E-state index contributed by atoms with van der Waals surface area (Å²) in [5.41, 5.74) is 7.46. The zero-order valence-corrected chi connectivity index (χ0v) is 14.7. The third-order valence-electron chi connectivity index (χ3n) is 4.27. The average molecular weight is 329 g/mol. The fourth-order valence-corrected chi connectivity index (χ4v) is 2.70. The molecule has 0 spiro atoms. The molecule has 0 aliphatic carbocycles. The van der Waals surface area contributed by atoms with Crippen LogP contribution in [0.3, 0.4) is 0 Å². The molecule has 6 nitrogen and oxygen atoms in total. The maximum Gasteiger partial charge on any atom is 0.415 e. The number of carbonyl (C=O) groups is 2. The van der Waals surface area contributed by atoms with E-state index in [0.29, 0.717) is 5.56 Å². The molecule has 128 valence electrons. The summed E-state index contributed by atoms with van der Waals surface area (Å²) in [4.78, 5) is 25.7. The van der Waals surface area contributed by atoms with E-state index in [1.165, 1.54) is 0 Å². The van der Waals surface area contributed by atoms with Crippen LogP contribution in [0.1, 0.15) is 37.0 Å². The molecule has 1 heterocycles. The molecule has 0 radical (unpaired) electrons. The second kappa shape index (κ2) is 7.29. The van der Waals surface area contributed by atoms with Gasteiger partial charge in [-0.15, -0.1) is 0 Å². The van der Waals surface area contributed by atoms with Crippen molar-refractivity contribution in [1.29, 1.82) is 0 Å². The summed E-state index contributed by atoms with van der Waals surface area (Å²) in [6.07, 6.45) is 5.51. The molecule has 0 aliphatic rings. The molecule has 2 rings (SSSR count). The van der Waals surface area contributed by atoms with Crippen molar-refractivity contribution in [3.05, 3.63) is 42.4 Å². The van der Waals surface area contributed by atoms with Crippen LogP contribution < -0.4 is 10.3 Å². The number of aromatic nitrogens is 2. The number of imidazole rings is 1. The monoisotopic (exact) mass is 329 g/mol. The molecule has 0 bridgehead atoms. The first kappa shape index (κ1) is 17.7. The SMILES string of the molecule is CCCC(C)N(C)C(=O)n1cc(-c2cccc(C(N)=O)c2)[n+](C)c1. The van der Waals surface area contributed by atoms with Gasteiger partial charge in [-0.1, -0.05) is 25.5 Å². The minimum atomic E-state index is -0.469. The quantitative estimate of drug-likeness (QED) is 0.854. The maximum atomic E-state index is 12.6. The van der Waals surface area contributed by atoms with Gasteiger partial charge in [0.05, 0.1) is 7.05 Å². The lowest BCUT2D eigenvalue weighted by Crippen LogP contribution is -2.38. The number of rotatable bonds is 5. The van der Waals surface area contributed by atoms with Crippen molar-refractivity contribution in [1.82, 2.24) is 9.47 Å². The Balaban J connectivity index is 2.32. The molecule has 0 fully saturated rings. The van der Waals surface area contributed by atoms with Crippen molar-refractivity contribution in [2.24, 2.45) is 12.8 Å². The normalized spacial score (nSPS) is 12.0. The largest absolute Gasteiger partial charge is 0.415 e. The standard InChI is InChI=1S/C18H24N4O2/c1-5-7-13(2)21(4)18(24)22-11-16(20(3)12-22)14-8-6-9-15(10-14)17(19)23/h6,8-13H,5,7H2,1-4H3,(H-,19,23)/p+1. The molecule has 6 heteroatoms. The third kappa shape index (κ3) is 3.64. The molecule has 2 amide bonds. The van der Waals surface area contributed by atoms with Crippen LogP contribution in [0.4, 0.5) is 4.79 Å². The summed E-state index contributed by atoms with van der Waals surface area (Å²) < 4.78 is 3.43. The average Bonchev–Trinajstić information content (AvgIpc) is 2.95. The lowest BCUT2D eigenvalue weighted by atomic mass is 10.1. The summed E-state index contributed by atoms with van der Waals surface area (Å²) in [5.74, 6) is -0.469. The van der Waals surface area contributed by atoms with Crippen LogP contribution in [0.25, 0.3) is 11.3 Å². The van der Waals surface area contributed by atoms with E-state index in [9.17, 15) is 9.59 Å². The van der Waals surface area contributed by atoms with E-state index in [2.05, 4.69) is 6.92 Å². The summed E-state index contributed by atoms with van der Waals surface area (Å²) >= 11 is 0. The smallest absolute Gasteiger partial charge is 0.366 e. The van der Waals surface area contributed by atoms with Gasteiger partial charge in [-0.2, -0.15) is 4.57 Å². The van der Waals surface area contributed by atoms with Crippen molar-refractivity contribution in [3.8, 4) is 11.3 Å². The molecular weight excluding hydrogens is 304 g/mol. The Bertz CT molecular complexity index is 751. The Morgan fingerprint density at radius 2 is 2.08 bits per heavy atom. The molecule has 1 atom stereocenters. The van der Waals surface area contributed by atoms with Crippen LogP contribution in [0.5, 0.6) is 0 Å². The Hall–Kier alpha value is -2.63. The second-order valence-corrected chi connectivity index (χ2v) is 6.12. The summed E-state index contributed by atoms with van der Waals surface area (Å²) in [6.45, 7) is 4.15. The van der Waals surface area contributed by atoms with Gasteiger partial charge in [0, 0.05) is 24.2 Å². The zero-order chi connectivity index (χ0) is 17.9. The summed E-state index contributed by atoms with van der Waals surface area (Å²) in [6, 6.07) is 7.18. The predicted molar refractivity (Wildman–Crippen MR) is 92.5 cm³/mol. The number of nitrogens with zero attached hydrogens (tertiary/aromatic N) is 3. The third-order valence-corrected chi connectivity index (χ3v) is 4.27. The number of hydrogen-bond acceptors (Lipinski definition) is 2. The van der Waals surface area contributed by atoms with E-state index in [4.69, 9.17) is 5.73 Å². The second-order valence-electron chi connectivity index (χ2n) is 6.12. The van der Waals surface area contributed by atoms with Gasteiger partial charge in [-0.3, -0.25) is 4.79 Å². The number of benzene rings is 1. The van der Waals surface area contributed by atoms with Gasteiger partial charge in [-0.05, 0) is 25.5 Å². The van der Waals surface area contributed by atoms with E-state index >= 15 is 0 Å². The van der Waals surface area contributed by atoms with Crippen LogP contribution in [0, 0.1) is 0 Å². The number of carbonyl (C=O) groups excluding carboxylic acids is 2. The molecule has 24 heavy (non-hydrogen) atoms. The predicted octanol–water partition coefficient (Wildman–Crippen LogP) is 2.17. The van der Waals surface area contributed by atoms with Crippen molar-refractivity contribution in [2.75, 3.05) is 7.05 Å². The summed E-state index contributed by atoms with van der Waals surface area (Å²) in [7, 11) is 3.68. The highest BCUT2D eigenvalue weighted by molar-refractivity contribution is 5.93. The number of hydrogen-bond donors (Lipinski definition) is 1. The van der Waals surface area contributed by atoms with Crippen LogP contribution in [0.15, 0.2) is 36.8 Å². The number of nitrogens with two attached hydrogens (primary N) is 1. The van der Waals surface area contributed by atoms with Crippen LogP contribution >= 0.6 is 0 Å². The Labute approximate surface area is 142 Å². The maximum absolute atomic E-state index is 12.6. The Morgan fingerprint density at radius 1 is 1.38 bits per heavy atom. The van der Waals surface area contributed by atoms with E-state index in [1.807, 2.05) is 31.7 Å². The van der Waals surface area contributed by atoms with Crippen molar-refractivity contribution in [2.45, 2.75) is 32.7 Å². The van der Waals surface area contributed by atoms with Gasteiger partial charge < -0.3 is 10.6 Å². The highest BCUT2D eigenvalue weighted by Crippen LogP contribution is 2.17. The van der Waals surface area contributed by atoms with E-state index in [0.717, 1.165) is 24.1 Å². The minimum Gasteiger partial charge on any atom is -0.366 e. The van der Waals surface area contributed by atoms with Crippen LogP contribution in [0.2, 0.25) is 0 Å².